The molecule has 1 aliphatic heterocycles. The molecule has 0 bridgehead atoms. The molecular formula is C22H19NO2. The van der Waals surface area contributed by atoms with Crippen molar-refractivity contribution in [2.45, 2.75) is 12.1 Å². The van der Waals surface area contributed by atoms with E-state index in [9.17, 15) is 4.79 Å². The standard InChI is InChI=1S/C22H19NO2/c1-25-22(18-12-6-3-7-13-18)19-14-8-9-15-20(19)23(21(22)24)16-17-10-4-2-5-11-17/h2-15H,16H2,1H3/t22-/m0/s1. The number of amides is 1. The number of para-hydroxylation sites is 1. The second kappa shape index (κ2) is 6.19. The van der Waals surface area contributed by atoms with Crippen LogP contribution in [0.15, 0.2) is 84.9 Å². The molecule has 1 aliphatic rings. The van der Waals surface area contributed by atoms with E-state index in [0.29, 0.717) is 6.54 Å². The summed E-state index contributed by atoms with van der Waals surface area (Å²) in [5.74, 6) is -0.0498. The average molecular weight is 329 g/mol. The molecule has 0 N–H and O–H groups in total. The summed E-state index contributed by atoms with van der Waals surface area (Å²) in [5, 5.41) is 0. The molecule has 3 heteroatoms. The van der Waals surface area contributed by atoms with Crippen molar-refractivity contribution in [3.63, 3.8) is 0 Å². The second-order valence-electron chi connectivity index (χ2n) is 6.15. The topological polar surface area (TPSA) is 29.5 Å². The Hall–Kier alpha value is -2.91. The Morgan fingerprint density at radius 1 is 0.840 bits per heavy atom. The molecule has 0 unspecified atom stereocenters. The number of hydrogen-bond acceptors (Lipinski definition) is 2. The quantitative estimate of drug-likeness (QED) is 0.720. The van der Waals surface area contributed by atoms with E-state index in [-0.39, 0.29) is 5.91 Å². The van der Waals surface area contributed by atoms with Crippen LogP contribution in [0.25, 0.3) is 0 Å². The minimum atomic E-state index is -1.09. The molecule has 3 nitrogen and oxygen atoms in total. The Bertz CT molecular complexity index is 892. The van der Waals surface area contributed by atoms with Gasteiger partial charge in [0.1, 0.15) is 0 Å². The predicted molar refractivity (Wildman–Crippen MR) is 98.3 cm³/mol. The number of anilines is 1. The SMILES string of the molecule is CO[C@]1(c2ccccc2)C(=O)N(Cc2ccccc2)c2ccccc21. The number of nitrogens with zero attached hydrogens (tertiary/aromatic N) is 1. The van der Waals surface area contributed by atoms with Gasteiger partial charge in [0.05, 0.1) is 12.2 Å². The van der Waals surface area contributed by atoms with Gasteiger partial charge in [-0.25, -0.2) is 0 Å². The highest BCUT2D eigenvalue weighted by Gasteiger charge is 2.52. The minimum Gasteiger partial charge on any atom is -0.359 e. The first kappa shape index (κ1) is 15.6. The Kier molecular flexibility index (Phi) is 3.86. The Labute approximate surface area is 147 Å². The van der Waals surface area contributed by atoms with Crippen molar-refractivity contribution in [1.29, 1.82) is 0 Å². The molecule has 1 atom stereocenters. The molecule has 3 aromatic rings. The lowest BCUT2D eigenvalue weighted by Gasteiger charge is -2.28. The molecule has 124 valence electrons. The predicted octanol–water partition coefficient (Wildman–Crippen LogP) is 4.12. The molecule has 0 saturated carbocycles. The normalized spacial score (nSPS) is 19.1. The first-order valence-electron chi connectivity index (χ1n) is 8.33. The van der Waals surface area contributed by atoms with Gasteiger partial charge in [-0.2, -0.15) is 0 Å². The third kappa shape index (κ3) is 2.36. The number of fused-ring (bicyclic) bond motifs is 1. The molecule has 0 spiro atoms. The van der Waals surface area contributed by atoms with Gasteiger partial charge in [0, 0.05) is 12.7 Å². The second-order valence-corrected chi connectivity index (χ2v) is 6.15. The number of carbonyl (C=O) groups is 1. The molecule has 0 saturated heterocycles. The Morgan fingerprint density at radius 2 is 1.44 bits per heavy atom. The summed E-state index contributed by atoms with van der Waals surface area (Å²) in [6, 6.07) is 27.6. The van der Waals surface area contributed by atoms with Crippen molar-refractivity contribution in [2.24, 2.45) is 0 Å². The smallest absolute Gasteiger partial charge is 0.268 e. The maximum absolute atomic E-state index is 13.5. The van der Waals surface area contributed by atoms with Crippen LogP contribution in [0.2, 0.25) is 0 Å². The first-order chi connectivity index (χ1) is 12.3. The summed E-state index contributed by atoms with van der Waals surface area (Å²) < 4.78 is 5.90. The minimum absolute atomic E-state index is 0.0498. The van der Waals surface area contributed by atoms with Gasteiger partial charge in [0.15, 0.2) is 5.60 Å². The molecule has 0 aromatic heterocycles. The number of hydrogen-bond donors (Lipinski definition) is 0. The number of methoxy groups -OCH3 is 1. The zero-order valence-electron chi connectivity index (χ0n) is 14.1. The van der Waals surface area contributed by atoms with Gasteiger partial charge in [0.25, 0.3) is 5.91 Å². The van der Waals surface area contributed by atoms with Gasteiger partial charge in [-0.05, 0) is 17.2 Å². The van der Waals surface area contributed by atoms with E-state index in [1.54, 1.807) is 7.11 Å². The third-order valence-corrected chi connectivity index (χ3v) is 4.79. The van der Waals surface area contributed by atoms with Gasteiger partial charge < -0.3 is 9.64 Å². The van der Waals surface area contributed by atoms with Gasteiger partial charge >= 0.3 is 0 Å². The largest absolute Gasteiger partial charge is 0.359 e. The zero-order chi connectivity index (χ0) is 17.3. The van der Waals surface area contributed by atoms with Crippen LogP contribution in [-0.2, 0) is 21.7 Å². The Balaban J connectivity index is 1.86. The molecule has 0 fully saturated rings. The number of ether oxygens (including phenoxy) is 1. The fraction of sp³-hybridized carbons (Fsp3) is 0.136. The van der Waals surface area contributed by atoms with Crippen molar-refractivity contribution in [2.75, 3.05) is 12.0 Å². The monoisotopic (exact) mass is 329 g/mol. The maximum atomic E-state index is 13.5. The van der Waals surface area contributed by atoms with E-state index < -0.39 is 5.60 Å². The first-order valence-corrected chi connectivity index (χ1v) is 8.33. The summed E-state index contributed by atoms with van der Waals surface area (Å²) in [5.41, 5.74) is 2.65. The summed E-state index contributed by atoms with van der Waals surface area (Å²) >= 11 is 0. The molecule has 3 aromatic carbocycles. The van der Waals surface area contributed by atoms with Crippen LogP contribution in [0.5, 0.6) is 0 Å². The maximum Gasteiger partial charge on any atom is 0.268 e. The van der Waals surface area contributed by atoms with Crippen LogP contribution in [0.1, 0.15) is 16.7 Å². The van der Waals surface area contributed by atoms with Crippen molar-refractivity contribution in [3.8, 4) is 0 Å². The fourth-order valence-corrected chi connectivity index (χ4v) is 3.61. The van der Waals surface area contributed by atoms with E-state index in [4.69, 9.17) is 4.74 Å². The molecule has 0 aliphatic carbocycles. The van der Waals surface area contributed by atoms with Gasteiger partial charge in [-0.3, -0.25) is 4.79 Å². The van der Waals surface area contributed by atoms with Crippen molar-refractivity contribution in [3.05, 3.63) is 102 Å². The number of benzene rings is 3. The van der Waals surface area contributed by atoms with Crippen LogP contribution < -0.4 is 4.90 Å². The van der Waals surface area contributed by atoms with Crippen molar-refractivity contribution >= 4 is 11.6 Å². The summed E-state index contributed by atoms with van der Waals surface area (Å²) in [7, 11) is 1.60. The molecule has 4 rings (SSSR count). The van der Waals surface area contributed by atoms with E-state index in [2.05, 4.69) is 0 Å². The Morgan fingerprint density at radius 3 is 2.12 bits per heavy atom. The molecule has 0 radical (unpaired) electrons. The van der Waals surface area contributed by atoms with E-state index in [0.717, 1.165) is 22.4 Å². The number of carbonyl (C=O) groups excluding carboxylic acids is 1. The van der Waals surface area contributed by atoms with Gasteiger partial charge in [0.2, 0.25) is 0 Å². The van der Waals surface area contributed by atoms with E-state index >= 15 is 0 Å². The van der Waals surface area contributed by atoms with E-state index in [1.807, 2.05) is 89.8 Å². The summed E-state index contributed by atoms with van der Waals surface area (Å²) in [6.07, 6.45) is 0. The summed E-state index contributed by atoms with van der Waals surface area (Å²) in [6.45, 7) is 0.522. The van der Waals surface area contributed by atoms with Crippen molar-refractivity contribution in [1.82, 2.24) is 0 Å². The third-order valence-electron chi connectivity index (χ3n) is 4.79. The molecule has 1 amide bonds. The van der Waals surface area contributed by atoms with Crippen LogP contribution >= 0.6 is 0 Å². The lowest BCUT2D eigenvalue weighted by molar-refractivity contribution is -0.135. The average Bonchev–Trinajstić information content (AvgIpc) is 2.92. The van der Waals surface area contributed by atoms with Crippen LogP contribution in [0.4, 0.5) is 5.69 Å². The molecular weight excluding hydrogens is 310 g/mol. The van der Waals surface area contributed by atoms with Crippen LogP contribution in [-0.4, -0.2) is 13.0 Å². The van der Waals surface area contributed by atoms with E-state index in [1.165, 1.54) is 0 Å². The zero-order valence-corrected chi connectivity index (χ0v) is 14.1. The summed E-state index contributed by atoms with van der Waals surface area (Å²) in [4.78, 5) is 15.3. The highest BCUT2D eigenvalue weighted by atomic mass is 16.5. The van der Waals surface area contributed by atoms with Gasteiger partial charge in [-0.1, -0.05) is 78.9 Å². The number of rotatable bonds is 4. The van der Waals surface area contributed by atoms with Gasteiger partial charge in [-0.15, -0.1) is 0 Å². The molecule has 25 heavy (non-hydrogen) atoms. The fourth-order valence-electron chi connectivity index (χ4n) is 3.61. The lowest BCUT2D eigenvalue weighted by atomic mass is 9.87. The lowest BCUT2D eigenvalue weighted by Crippen LogP contribution is -2.42. The highest BCUT2D eigenvalue weighted by Crippen LogP contribution is 2.47. The van der Waals surface area contributed by atoms with Crippen LogP contribution in [0, 0.1) is 0 Å². The van der Waals surface area contributed by atoms with Crippen molar-refractivity contribution < 1.29 is 9.53 Å². The highest BCUT2D eigenvalue weighted by molar-refractivity contribution is 6.09. The van der Waals surface area contributed by atoms with Crippen LogP contribution in [0.3, 0.4) is 0 Å². The molecule has 1 heterocycles.